The number of nitro groups is 1. The molecular formula is C14H14N2O4. The third-order valence-electron chi connectivity index (χ3n) is 2.93. The average molecular weight is 274 g/mol. The van der Waals surface area contributed by atoms with Gasteiger partial charge in [0.2, 0.25) is 0 Å². The Morgan fingerprint density at radius 1 is 1.50 bits per heavy atom. The van der Waals surface area contributed by atoms with E-state index in [9.17, 15) is 14.9 Å². The van der Waals surface area contributed by atoms with Gasteiger partial charge in [-0.25, -0.2) is 0 Å². The number of Topliss-reactive ketones (excluding diaryl/α,β-unsaturated/α-hetero) is 1. The number of hydrogen-bond acceptors (Lipinski definition) is 5. The van der Waals surface area contributed by atoms with E-state index in [0.717, 1.165) is 0 Å². The van der Waals surface area contributed by atoms with E-state index in [-0.39, 0.29) is 17.7 Å². The lowest BCUT2D eigenvalue weighted by Gasteiger charge is -2.22. The van der Waals surface area contributed by atoms with Crippen LogP contribution in [0.15, 0.2) is 36.1 Å². The molecule has 0 heterocycles. The molecule has 0 unspecified atom stereocenters. The summed E-state index contributed by atoms with van der Waals surface area (Å²) in [5, 5.41) is 28.6. The molecule has 20 heavy (non-hydrogen) atoms. The van der Waals surface area contributed by atoms with Crippen molar-refractivity contribution in [3.05, 3.63) is 51.8 Å². The van der Waals surface area contributed by atoms with Crippen molar-refractivity contribution in [2.75, 3.05) is 0 Å². The molecule has 0 saturated carbocycles. The zero-order chi connectivity index (χ0) is 15.3. The summed E-state index contributed by atoms with van der Waals surface area (Å²) in [4.78, 5) is 22.5. The lowest BCUT2D eigenvalue weighted by atomic mass is 9.79. The van der Waals surface area contributed by atoms with Gasteiger partial charge in [0.05, 0.1) is 4.92 Å². The Labute approximate surface area is 116 Å². The van der Waals surface area contributed by atoms with Crippen LogP contribution in [0.2, 0.25) is 0 Å². The molecule has 0 saturated heterocycles. The highest BCUT2D eigenvalue weighted by Gasteiger charge is 2.32. The number of carbonyl (C=O) groups is 1. The van der Waals surface area contributed by atoms with Crippen LogP contribution in [0.5, 0.6) is 0 Å². The molecule has 0 atom stereocenters. The highest BCUT2D eigenvalue weighted by Crippen LogP contribution is 2.30. The molecular weight excluding hydrogens is 260 g/mol. The topological polar surface area (TPSA) is 104 Å². The van der Waals surface area contributed by atoms with E-state index < -0.39 is 16.1 Å². The lowest BCUT2D eigenvalue weighted by Crippen LogP contribution is -2.28. The smallest absolute Gasteiger partial charge is 0.272 e. The molecule has 104 valence electrons. The Hall–Kier alpha value is -2.68. The highest BCUT2D eigenvalue weighted by atomic mass is 16.6. The standard InChI is InChI=1S/C14H14N2O4/c1-14(2,13(18)11(8-15)9-17)7-10-5-3-4-6-12(10)16(19)20/h3-6,9,17H,7H2,1-2H3. The number of benzene rings is 1. The molecule has 1 aromatic rings. The maximum absolute atomic E-state index is 12.1. The van der Waals surface area contributed by atoms with Crippen molar-refractivity contribution in [2.45, 2.75) is 20.3 Å². The third-order valence-corrected chi connectivity index (χ3v) is 2.93. The average Bonchev–Trinajstić information content (AvgIpc) is 2.39. The van der Waals surface area contributed by atoms with Gasteiger partial charge in [-0.15, -0.1) is 0 Å². The van der Waals surface area contributed by atoms with Crippen LogP contribution in [0, 0.1) is 26.9 Å². The molecule has 0 amide bonds. The van der Waals surface area contributed by atoms with E-state index in [1.807, 2.05) is 0 Å². The first kappa shape index (κ1) is 15.4. The van der Waals surface area contributed by atoms with Crippen molar-refractivity contribution < 1.29 is 14.8 Å². The molecule has 0 radical (unpaired) electrons. The Bertz CT molecular complexity index is 612. The molecule has 0 aliphatic carbocycles. The molecule has 1 rings (SSSR count). The second kappa shape index (κ2) is 5.97. The van der Waals surface area contributed by atoms with E-state index in [1.165, 1.54) is 6.07 Å². The predicted octanol–water partition coefficient (Wildman–Crippen LogP) is 2.70. The van der Waals surface area contributed by atoms with E-state index in [2.05, 4.69) is 0 Å². The van der Waals surface area contributed by atoms with E-state index >= 15 is 0 Å². The molecule has 0 aromatic heterocycles. The molecule has 6 heteroatoms. The van der Waals surface area contributed by atoms with Crippen LogP contribution in [0.25, 0.3) is 0 Å². The maximum Gasteiger partial charge on any atom is 0.272 e. The van der Waals surface area contributed by atoms with Crippen molar-refractivity contribution in [1.29, 1.82) is 5.26 Å². The Kier molecular flexibility index (Phi) is 4.59. The number of ketones is 1. The van der Waals surface area contributed by atoms with Gasteiger partial charge in [-0.1, -0.05) is 32.0 Å². The summed E-state index contributed by atoms with van der Waals surface area (Å²) >= 11 is 0. The van der Waals surface area contributed by atoms with Gasteiger partial charge < -0.3 is 5.11 Å². The molecule has 0 aliphatic rings. The zero-order valence-corrected chi connectivity index (χ0v) is 11.2. The second-order valence-corrected chi connectivity index (χ2v) is 4.93. The fraction of sp³-hybridized carbons (Fsp3) is 0.286. The van der Waals surface area contributed by atoms with Gasteiger partial charge in [0.25, 0.3) is 5.69 Å². The monoisotopic (exact) mass is 274 g/mol. The number of carbonyl (C=O) groups excluding carboxylic acids is 1. The van der Waals surface area contributed by atoms with Crippen molar-refractivity contribution >= 4 is 11.5 Å². The summed E-state index contributed by atoms with van der Waals surface area (Å²) in [5.41, 5.74) is -1.06. The summed E-state index contributed by atoms with van der Waals surface area (Å²) < 4.78 is 0. The summed E-state index contributed by atoms with van der Waals surface area (Å²) in [6.45, 7) is 3.15. The van der Waals surface area contributed by atoms with Gasteiger partial charge in [0.15, 0.2) is 5.78 Å². The van der Waals surface area contributed by atoms with Crippen molar-refractivity contribution in [3.8, 4) is 6.07 Å². The van der Waals surface area contributed by atoms with Crippen LogP contribution in [0.1, 0.15) is 19.4 Å². The molecule has 6 nitrogen and oxygen atoms in total. The SMILES string of the molecule is CC(C)(Cc1ccccc1[N+](=O)[O-])C(=O)C(C#N)=CO. The van der Waals surface area contributed by atoms with Crippen molar-refractivity contribution in [1.82, 2.24) is 0 Å². The van der Waals surface area contributed by atoms with E-state index in [1.54, 1.807) is 38.1 Å². The summed E-state index contributed by atoms with van der Waals surface area (Å²) in [6, 6.07) is 7.74. The number of nitro benzene ring substituents is 1. The Morgan fingerprint density at radius 2 is 2.10 bits per heavy atom. The zero-order valence-electron chi connectivity index (χ0n) is 11.2. The number of hydrogen-bond donors (Lipinski definition) is 1. The minimum Gasteiger partial charge on any atom is -0.514 e. The third kappa shape index (κ3) is 3.20. The maximum atomic E-state index is 12.1. The first-order valence-electron chi connectivity index (χ1n) is 5.85. The minimum atomic E-state index is -1.03. The Balaban J connectivity index is 3.12. The number of rotatable bonds is 5. The number of nitriles is 1. The van der Waals surface area contributed by atoms with Crippen LogP contribution in [-0.2, 0) is 11.2 Å². The quantitative estimate of drug-likeness (QED) is 0.292. The van der Waals surface area contributed by atoms with Crippen LogP contribution in [0.4, 0.5) is 5.69 Å². The summed E-state index contributed by atoms with van der Waals surface area (Å²) in [5.74, 6) is -0.555. The number of para-hydroxylation sites is 1. The van der Waals surface area contributed by atoms with Gasteiger partial charge in [0.1, 0.15) is 17.9 Å². The van der Waals surface area contributed by atoms with Gasteiger partial charge in [0, 0.05) is 17.0 Å². The fourth-order valence-electron chi connectivity index (χ4n) is 1.90. The predicted molar refractivity (Wildman–Crippen MR) is 71.9 cm³/mol. The lowest BCUT2D eigenvalue weighted by molar-refractivity contribution is -0.385. The summed E-state index contributed by atoms with van der Waals surface area (Å²) in [7, 11) is 0. The molecule has 1 aromatic carbocycles. The first-order chi connectivity index (χ1) is 9.33. The van der Waals surface area contributed by atoms with Gasteiger partial charge in [-0.05, 0) is 6.42 Å². The molecule has 1 N–H and O–H groups in total. The second-order valence-electron chi connectivity index (χ2n) is 4.93. The van der Waals surface area contributed by atoms with Gasteiger partial charge in [-0.3, -0.25) is 14.9 Å². The van der Waals surface area contributed by atoms with Gasteiger partial charge in [-0.2, -0.15) is 5.26 Å². The molecule has 0 bridgehead atoms. The van der Waals surface area contributed by atoms with Gasteiger partial charge >= 0.3 is 0 Å². The van der Waals surface area contributed by atoms with E-state index in [4.69, 9.17) is 10.4 Å². The van der Waals surface area contributed by atoms with E-state index in [0.29, 0.717) is 11.8 Å². The fourth-order valence-corrected chi connectivity index (χ4v) is 1.90. The van der Waals surface area contributed by atoms with Crippen molar-refractivity contribution in [3.63, 3.8) is 0 Å². The number of aliphatic hydroxyl groups is 1. The van der Waals surface area contributed by atoms with Crippen LogP contribution < -0.4 is 0 Å². The van der Waals surface area contributed by atoms with Crippen LogP contribution >= 0.6 is 0 Å². The molecule has 0 aliphatic heterocycles. The normalized spacial score (nSPS) is 11.8. The highest BCUT2D eigenvalue weighted by molar-refractivity contribution is 6.02. The minimum absolute atomic E-state index is 0.0696. The largest absolute Gasteiger partial charge is 0.514 e. The number of aliphatic hydroxyl groups excluding tert-OH is 1. The van der Waals surface area contributed by atoms with Crippen LogP contribution in [0.3, 0.4) is 0 Å². The molecule has 0 spiro atoms. The van der Waals surface area contributed by atoms with Crippen LogP contribution in [-0.4, -0.2) is 15.8 Å². The Morgan fingerprint density at radius 3 is 2.60 bits per heavy atom. The number of nitrogens with zero attached hydrogens (tertiary/aromatic N) is 2. The molecule has 0 fully saturated rings. The first-order valence-corrected chi connectivity index (χ1v) is 5.85. The van der Waals surface area contributed by atoms with Crippen molar-refractivity contribution in [2.24, 2.45) is 5.41 Å². The summed E-state index contributed by atoms with van der Waals surface area (Å²) in [6.07, 6.45) is 0.561. The number of allylic oxidation sites excluding steroid dienone is 1.